The molecule has 0 radical (unpaired) electrons. The van der Waals surface area contributed by atoms with Crippen LogP contribution in [-0.2, 0) is 6.42 Å². The van der Waals surface area contributed by atoms with Gasteiger partial charge in [-0.25, -0.2) is 0 Å². The monoisotopic (exact) mass is 427 g/mol. The average Bonchev–Trinajstić information content (AvgIpc) is 2.80. The smallest absolute Gasteiger partial charge is 0.138 e. The van der Waals surface area contributed by atoms with Gasteiger partial charge in [-0.3, -0.25) is 4.98 Å². The maximum absolute atomic E-state index is 6.38. The minimum atomic E-state index is 0.401. The highest BCUT2D eigenvalue weighted by molar-refractivity contribution is 5.28. The lowest BCUT2D eigenvalue weighted by atomic mass is 9.70. The average molecular weight is 428 g/mol. The Morgan fingerprint density at radius 1 is 0.806 bits per heavy atom. The molecule has 3 rings (SSSR count). The van der Waals surface area contributed by atoms with Gasteiger partial charge in [0.15, 0.2) is 0 Å². The summed E-state index contributed by atoms with van der Waals surface area (Å²) in [6.45, 7) is 6.80. The van der Waals surface area contributed by atoms with E-state index in [0.29, 0.717) is 6.10 Å². The van der Waals surface area contributed by atoms with E-state index in [1.165, 1.54) is 114 Å². The number of rotatable bonds is 12. The van der Waals surface area contributed by atoms with Gasteiger partial charge in [-0.2, -0.15) is 0 Å². The zero-order chi connectivity index (χ0) is 21.9. The van der Waals surface area contributed by atoms with Crippen molar-refractivity contribution in [1.29, 1.82) is 0 Å². The molecule has 1 heterocycles. The van der Waals surface area contributed by atoms with Crippen LogP contribution in [0, 0.1) is 24.7 Å². The molecule has 1 aromatic rings. The highest BCUT2D eigenvalue weighted by atomic mass is 16.5. The lowest BCUT2D eigenvalue weighted by molar-refractivity contribution is 0.0910. The highest BCUT2D eigenvalue weighted by Crippen LogP contribution is 2.41. The van der Waals surface area contributed by atoms with Crippen LogP contribution in [0.2, 0.25) is 0 Å². The van der Waals surface area contributed by atoms with E-state index in [1.54, 1.807) is 0 Å². The Labute approximate surface area is 193 Å². The Balaban J connectivity index is 1.36. The predicted octanol–water partition coefficient (Wildman–Crippen LogP) is 8.84. The Kier molecular flexibility index (Phi) is 10.7. The van der Waals surface area contributed by atoms with E-state index in [0.717, 1.165) is 29.9 Å². The molecule has 2 fully saturated rings. The summed E-state index contributed by atoms with van der Waals surface area (Å²) >= 11 is 0. The van der Waals surface area contributed by atoms with E-state index in [4.69, 9.17) is 9.72 Å². The van der Waals surface area contributed by atoms with Crippen LogP contribution in [0.25, 0.3) is 0 Å². The van der Waals surface area contributed by atoms with Crippen LogP contribution in [0.3, 0.4) is 0 Å². The zero-order valence-corrected chi connectivity index (χ0v) is 20.8. The number of ether oxygens (including phenoxy) is 1. The van der Waals surface area contributed by atoms with Crippen molar-refractivity contribution in [3.63, 3.8) is 0 Å². The van der Waals surface area contributed by atoms with Crippen LogP contribution in [0.1, 0.15) is 128 Å². The van der Waals surface area contributed by atoms with Crippen LogP contribution < -0.4 is 4.74 Å². The van der Waals surface area contributed by atoms with Gasteiger partial charge < -0.3 is 4.74 Å². The number of pyridine rings is 1. The molecule has 2 aliphatic carbocycles. The van der Waals surface area contributed by atoms with Gasteiger partial charge in [0, 0.05) is 5.69 Å². The first kappa shape index (κ1) is 24.6. The molecular weight excluding hydrogens is 378 g/mol. The summed E-state index contributed by atoms with van der Waals surface area (Å²) in [5.74, 6) is 3.99. The quantitative estimate of drug-likeness (QED) is 0.311. The van der Waals surface area contributed by atoms with Crippen molar-refractivity contribution in [1.82, 2.24) is 4.98 Å². The molecule has 0 bridgehead atoms. The predicted molar refractivity (Wildman–Crippen MR) is 133 cm³/mol. The molecular formula is C29H49NO. The summed E-state index contributed by atoms with van der Waals surface area (Å²) in [5.41, 5.74) is 2.57. The molecule has 0 unspecified atom stereocenters. The fourth-order valence-corrected chi connectivity index (χ4v) is 6.11. The molecule has 0 saturated heterocycles. The van der Waals surface area contributed by atoms with Crippen molar-refractivity contribution >= 4 is 0 Å². The number of nitrogens with zero attached hydrogens (tertiary/aromatic N) is 1. The molecule has 0 amide bonds. The largest absolute Gasteiger partial charge is 0.489 e. The van der Waals surface area contributed by atoms with Crippen LogP contribution >= 0.6 is 0 Å². The third-order valence-corrected chi connectivity index (χ3v) is 8.22. The summed E-state index contributed by atoms with van der Waals surface area (Å²) < 4.78 is 6.38. The molecule has 0 spiro atoms. The van der Waals surface area contributed by atoms with Gasteiger partial charge >= 0.3 is 0 Å². The summed E-state index contributed by atoms with van der Waals surface area (Å²) in [6.07, 6.45) is 25.6. The molecule has 2 saturated carbocycles. The molecule has 0 aliphatic heterocycles. The number of unbranched alkanes of at least 4 members (excludes halogenated alkanes) is 5. The van der Waals surface area contributed by atoms with E-state index in [2.05, 4.69) is 26.8 Å². The highest BCUT2D eigenvalue weighted by Gasteiger charge is 2.31. The lowest BCUT2D eigenvalue weighted by Gasteiger charge is -2.38. The second-order valence-corrected chi connectivity index (χ2v) is 10.7. The fraction of sp³-hybridized carbons (Fsp3) is 0.828. The van der Waals surface area contributed by atoms with Crippen molar-refractivity contribution in [2.24, 2.45) is 17.8 Å². The first-order valence-electron chi connectivity index (χ1n) is 13.8. The molecule has 0 atom stereocenters. The van der Waals surface area contributed by atoms with Crippen LogP contribution in [-0.4, -0.2) is 11.1 Å². The topological polar surface area (TPSA) is 22.1 Å². The van der Waals surface area contributed by atoms with Gasteiger partial charge in [-0.1, -0.05) is 71.6 Å². The first-order chi connectivity index (χ1) is 15.2. The third kappa shape index (κ3) is 8.10. The van der Waals surface area contributed by atoms with E-state index in [1.807, 2.05) is 6.20 Å². The standard InChI is InChI=1S/C29H49NO/c1-4-6-8-9-10-12-29-23(3)21-28(22-30-29)31-27-19-17-26(18-20-27)25-15-13-24(14-16-25)11-7-5-2/h21-22,24-27H,4-20H2,1-3H3/t24-,25-,26-,27-. The second kappa shape index (κ2) is 13.5. The lowest BCUT2D eigenvalue weighted by Crippen LogP contribution is -2.30. The number of hydrogen-bond donors (Lipinski definition) is 0. The summed E-state index contributed by atoms with van der Waals surface area (Å²) in [4.78, 5) is 4.75. The van der Waals surface area contributed by atoms with E-state index in [9.17, 15) is 0 Å². The van der Waals surface area contributed by atoms with E-state index in [-0.39, 0.29) is 0 Å². The molecule has 31 heavy (non-hydrogen) atoms. The third-order valence-electron chi connectivity index (χ3n) is 8.22. The van der Waals surface area contributed by atoms with Crippen molar-refractivity contribution in [3.8, 4) is 5.75 Å². The molecule has 2 nitrogen and oxygen atoms in total. The van der Waals surface area contributed by atoms with E-state index < -0.39 is 0 Å². The minimum Gasteiger partial charge on any atom is -0.489 e. The van der Waals surface area contributed by atoms with Gasteiger partial charge in [0.25, 0.3) is 0 Å². The summed E-state index contributed by atoms with van der Waals surface area (Å²) in [7, 11) is 0. The van der Waals surface area contributed by atoms with Crippen molar-refractivity contribution in [2.45, 2.75) is 136 Å². The SMILES string of the molecule is CCCCCCCc1ncc(O[C@H]2CC[C@H]([C@H]3CC[C@H](CCCC)CC3)CC2)cc1C. The Bertz CT molecular complexity index is 611. The van der Waals surface area contributed by atoms with Gasteiger partial charge in [-0.15, -0.1) is 0 Å². The second-order valence-electron chi connectivity index (χ2n) is 10.7. The molecule has 2 heteroatoms. The van der Waals surface area contributed by atoms with Crippen LogP contribution in [0.4, 0.5) is 0 Å². The number of aryl methyl sites for hydroxylation is 2. The molecule has 2 aliphatic rings. The van der Waals surface area contributed by atoms with Gasteiger partial charge in [0.05, 0.1) is 12.3 Å². The molecule has 176 valence electrons. The van der Waals surface area contributed by atoms with Crippen molar-refractivity contribution < 1.29 is 4.74 Å². The van der Waals surface area contributed by atoms with Gasteiger partial charge in [0.2, 0.25) is 0 Å². The Morgan fingerprint density at radius 3 is 2.10 bits per heavy atom. The molecule has 0 aromatic carbocycles. The molecule has 1 aromatic heterocycles. The normalized spacial score (nSPS) is 26.7. The number of aromatic nitrogens is 1. The maximum atomic E-state index is 6.38. The first-order valence-corrected chi connectivity index (χ1v) is 13.8. The van der Waals surface area contributed by atoms with Crippen molar-refractivity contribution in [2.75, 3.05) is 0 Å². The van der Waals surface area contributed by atoms with E-state index >= 15 is 0 Å². The van der Waals surface area contributed by atoms with Crippen LogP contribution in [0.15, 0.2) is 12.3 Å². The number of hydrogen-bond acceptors (Lipinski definition) is 2. The Morgan fingerprint density at radius 2 is 1.45 bits per heavy atom. The Hall–Kier alpha value is -1.05. The van der Waals surface area contributed by atoms with Crippen molar-refractivity contribution in [3.05, 3.63) is 23.5 Å². The molecule has 0 N–H and O–H groups in total. The maximum Gasteiger partial charge on any atom is 0.138 e. The summed E-state index contributed by atoms with van der Waals surface area (Å²) in [6, 6.07) is 2.23. The minimum absolute atomic E-state index is 0.401. The fourth-order valence-electron chi connectivity index (χ4n) is 6.11. The zero-order valence-electron chi connectivity index (χ0n) is 20.8. The van der Waals surface area contributed by atoms with Gasteiger partial charge in [0.1, 0.15) is 5.75 Å². The summed E-state index contributed by atoms with van der Waals surface area (Å²) in [5, 5.41) is 0. The van der Waals surface area contributed by atoms with Gasteiger partial charge in [-0.05, 0) is 87.7 Å². The van der Waals surface area contributed by atoms with Crippen LogP contribution in [0.5, 0.6) is 5.75 Å².